The van der Waals surface area contributed by atoms with E-state index in [0.717, 1.165) is 18.7 Å². The molecule has 1 N–H and O–H groups in total. The minimum absolute atomic E-state index is 0.0362. The first kappa shape index (κ1) is 18.4. The Labute approximate surface area is 153 Å². The van der Waals surface area contributed by atoms with E-state index in [4.69, 9.17) is 0 Å². The van der Waals surface area contributed by atoms with Crippen LogP contribution in [-0.2, 0) is 21.3 Å². The van der Waals surface area contributed by atoms with Gasteiger partial charge in [-0.1, -0.05) is 18.2 Å². The van der Waals surface area contributed by atoms with Gasteiger partial charge < -0.3 is 9.64 Å². The molecule has 0 bridgehead atoms. The summed E-state index contributed by atoms with van der Waals surface area (Å²) >= 11 is 0. The van der Waals surface area contributed by atoms with E-state index in [-0.39, 0.29) is 17.0 Å². The van der Waals surface area contributed by atoms with Gasteiger partial charge in [0.2, 0.25) is 10.0 Å². The summed E-state index contributed by atoms with van der Waals surface area (Å²) in [6, 6.07) is 13.7. The van der Waals surface area contributed by atoms with E-state index in [9.17, 15) is 13.2 Å². The minimum atomic E-state index is -3.72. The molecule has 0 aromatic heterocycles. The smallest absolute Gasteiger partial charge is 0.337 e. The van der Waals surface area contributed by atoms with Crippen molar-refractivity contribution in [3.63, 3.8) is 0 Å². The summed E-state index contributed by atoms with van der Waals surface area (Å²) < 4.78 is 32.1. The summed E-state index contributed by atoms with van der Waals surface area (Å²) in [6.45, 7) is 2.33. The fourth-order valence-corrected chi connectivity index (χ4v) is 4.03. The Morgan fingerprint density at radius 2 is 1.81 bits per heavy atom. The molecule has 0 aliphatic carbocycles. The first-order chi connectivity index (χ1) is 12.5. The molecule has 3 rings (SSSR count). The van der Waals surface area contributed by atoms with Gasteiger partial charge in [-0.3, -0.25) is 0 Å². The summed E-state index contributed by atoms with van der Waals surface area (Å²) in [7, 11) is -2.46. The van der Waals surface area contributed by atoms with Crippen LogP contribution in [0.3, 0.4) is 0 Å². The van der Waals surface area contributed by atoms with Crippen LogP contribution in [0.5, 0.6) is 0 Å². The molecule has 2 aromatic carbocycles. The lowest BCUT2D eigenvalue weighted by Gasteiger charge is -2.17. The third kappa shape index (κ3) is 4.23. The maximum absolute atomic E-state index is 12.5. The second kappa shape index (κ2) is 7.88. The third-order valence-corrected chi connectivity index (χ3v) is 5.84. The van der Waals surface area contributed by atoms with E-state index in [2.05, 4.69) is 14.4 Å². The highest BCUT2D eigenvalue weighted by Crippen LogP contribution is 2.20. The molecule has 6 nitrogen and oxygen atoms in total. The molecule has 0 amide bonds. The summed E-state index contributed by atoms with van der Waals surface area (Å²) in [6.07, 6.45) is 2.43. The molecule has 138 valence electrons. The van der Waals surface area contributed by atoms with E-state index >= 15 is 0 Å². The van der Waals surface area contributed by atoms with Gasteiger partial charge >= 0.3 is 5.97 Å². The fraction of sp³-hybridized carbons (Fsp3) is 0.316. The molecule has 1 aliphatic rings. The van der Waals surface area contributed by atoms with Gasteiger partial charge in [-0.25, -0.2) is 17.9 Å². The first-order valence-corrected chi connectivity index (χ1v) is 10.00. The van der Waals surface area contributed by atoms with Crippen molar-refractivity contribution in [1.82, 2.24) is 4.72 Å². The Hall–Kier alpha value is -2.38. The zero-order valence-electron chi connectivity index (χ0n) is 14.6. The number of carbonyl (C=O) groups excluding carboxylic acids is 1. The maximum Gasteiger partial charge on any atom is 0.337 e. The van der Waals surface area contributed by atoms with E-state index in [0.29, 0.717) is 0 Å². The molecular weight excluding hydrogens is 352 g/mol. The number of nitrogens with zero attached hydrogens (tertiary/aromatic N) is 1. The third-order valence-electron chi connectivity index (χ3n) is 4.44. The highest BCUT2D eigenvalue weighted by molar-refractivity contribution is 7.89. The lowest BCUT2D eigenvalue weighted by molar-refractivity contribution is 0.0600. The quantitative estimate of drug-likeness (QED) is 0.787. The second-order valence-electron chi connectivity index (χ2n) is 6.20. The number of ether oxygens (including phenoxy) is 1. The Kier molecular flexibility index (Phi) is 5.58. The zero-order chi connectivity index (χ0) is 18.6. The fourth-order valence-electron chi connectivity index (χ4n) is 2.97. The topological polar surface area (TPSA) is 75.7 Å². The molecule has 0 unspecified atom stereocenters. The number of sulfonamides is 1. The maximum atomic E-state index is 12.5. The number of benzene rings is 2. The number of hydrogen-bond acceptors (Lipinski definition) is 5. The number of nitrogens with one attached hydrogen (secondary N) is 1. The summed E-state index contributed by atoms with van der Waals surface area (Å²) in [5, 5.41) is 0. The van der Waals surface area contributed by atoms with Crippen LogP contribution in [0.15, 0.2) is 53.4 Å². The van der Waals surface area contributed by atoms with E-state index < -0.39 is 16.0 Å². The lowest BCUT2D eigenvalue weighted by Crippen LogP contribution is -2.23. The molecule has 1 heterocycles. The van der Waals surface area contributed by atoms with Crippen molar-refractivity contribution in [2.45, 2.75) is 24.3 Å². The van der Waals surface area contributed by atoms with E-state index in [1.807, 2.05) is 24.3 Å². The average Bonchev–Trinajstić information content (AvgIpc) is 3.21. The minimum Gasteiger partial charge on any atom is -0.465 e. The van der Waals surface area contributed by atoms with Crippen LogP contribution in [0.1, 0.15) is 28.8 Å². The van der Waals surface area contributed by atoms with Crippen LogP contribution < -0.4 is 9.62 Å². The largest absolute Gasteiger partial charge is 0.465 e. The summed E-state index contributed by atoms with van der Waals surface area (Å²) in [5.41, 5.74) is 2.24. The molecule has 1 fully saturated rings. The Morgan fingerprint density at radius 3 is 2.46 bits per heavy atom. The standard InChI is InChI=1S/C19H22N2O4S/c1-25-19(22)16-5-4-6-18(13-16)26(23,24)20-14-15-7-9-17(10-8-15)21-11-2-3-12-21/h4-10,13,20H,2-3,11-12,14H2,1H3. The number of rotatable bonds is 6. The van der Waals surface area contributed by atoms with Crippen molar-refractivity contribution < 1.29 is 17.9 Å². The van der Waals surface area contributed by atoms with Crippen LogP contribution in [0.2, 0.25) is 0 Å². The van der Waals surface area contributed by atoms with Crippen molar-refractivity contribution in [2.24, 2.45) is 0 Å². The number of methoxy groups -OCH3 is 1. The van der Waals surface area contributed by atoms with Crippen molar-refractivity contribution in [3.8, 4) is 0 Å². The molecule has 0 saturated carbocycles. The van der Waals surface area contributed by atoms with Crippen molar-refractivity contribution >= 4 is 21.7 Å². The van der Waals surface area contributed by atoms with Gasteiger partial charge in [-0.2, -0.15) is 0 Å². The molecule has 2 aromatic rings. The number of anilines is 1. The van der Waals surface area contributed by atoms with Gasteiger partial charge in [0.15, 0.2) is 0 Å². The van der Waals surface area contributed by atoms with Gasteiger partial charge in [0.05, 0.1) is 17.6 Å². The highest BCUT2D eigenvalue weighted by atomic mass is 32.2. The summed E-state index contributed by atoms with van der Waals surface area (Å²) in [5.74, 6) is -0.570. The second-order valence-corrected chi connectivity index (χ2v) is 7.97. The highest BCUT2D eigenvalue weighted by Gasteiger charge is 2.17. The van der Waals surface area contributed by atoms with Gasteiger partial charge in [0.1, 0.15) is 0 Å². The van der Waals surface area contributed by atoms with Gasteiger partial charge in [0, 0.05) is 25.3 Å². The van der Waals surface area contributed by atoms with Crippen LogP contribution in [0.25, 0.3) is 0 Å². The van der Waals surface area contributed by atoms with Crippen LogP contribution in [-0.4, -0.2) is 34.6 Å². The van der Waals surface area contributed by atoms with Gasteiger partial charge in [-0.15, -0.1) is 0 Å². The monoisotopic (exact) mass is 374 g/mol. The van der Waals surface area contributed by atoms with Crippen LogP contribution >= 0.6 is 0 Å². The summed E-state index contributed by atoms with van der Waals surface area (Å²) in [4.78, 5) is 13.9. The SMILES string of the molecule is COC(=O)c1cccc(S(=O)(=O)NCc2ccc(N3CCCC3)cc2)c1. The predicted molar refractivity (Wildman–Crippen MR) is 99.7 cm³/mol. The predicted octanol–water partition coefficient (Wildman–Crippen LogP) is 2.55. The Morgan fingerprint density at radius 1 is 1.12 bits per heavy atom. The van der Waals surface area contributed by atoms with Gasteiger partial charge in [0.25, 0.3) is 0 Å². The van der Waals surface area contributed by atoms with Crippen molar-refractivity contribution in [2.75, 3.05) is 25.1 Å². The Bertz CT molecular complexity index is 873. The van der Waals surface area contributed by atoms with E-state index in [1.54, 1.807) is 0 Å². The lowest BCUT2D eigenvalue weighted by atomic mass is 10.2. The molecular formula is C19H22N2O4S. The van der Waals surface area contributed by atoms with E-state index in [1.165, 1.54) is 49.9 Å². The van der Waals surface area contributed by atoms with Crippen molar-refractivity contribution in [3.05, 3.63) is 59.7 Å². The molecule has 26 heavy (non-hydrogen) atoms. The molecule has 1 saturated heterocycles. The molecule has 0 spiro atoms. The first-order valence-electron chi connectivity index (χ1n) is 8.51. The Balaban J connectivity index is 1.67. The molecule has 0 atom stereocenters. The number of carbonyl (C=O) groups is 1. The average molecular weight is 374 g/mol. The van der Waals surface area contributed by atoms with Crippen LogP contribution in [0.4, 0.5) is 5.69 Å². The number of esters is 1. The molecule has 0 radical (unpaired) electrons. The molecule has 7 heteroatoms. The molecule has 1 aliphatic heterocycles. The number of hydrogen-bond donors (Lipinski definition) is 1. The zero-order valence-corrected chi connectivity index (χ0v) is 15.5. The normalized spacial score (nSPS) is 14.4. The van der Waals surface area contributed by atoms with Crippen LogP contribution in [0, 0.1) is 0 Å². The van der Waals surface area contributed by atoms with Crippen molar-refractivity contribution in [1.29, 1.82) is 0 Å². The van der Waals surface area contributed by atoms with Gasteiger partial charge in [-0.05, 0) is 48.7 Å².